The molecule has 1 aliphatic carbocycles. The van der Waals surface area contributed by atoms with Gasteiger partial charge in [0, 0.05) is 23.7 Å². The van der Waals surface area contributed by atoms with E-state index in [9.17, 15) is 19.5 Å². The maximum atomic E-state index is 15.3. The van der Waals surface area contributed by atoms with Crippen molar-refractivity contribution in [3.05, 3.63) is 73.7 Å². The predicted molar refractivity (Wildman–Crippen MR) is 157 cm³/mol. The molecule has 1 amide bonds. The van der Waals surface area contributed by atoms with Gasteiger partial charge in [0.15, 0.2) is 0 Å². The summed E-state index contributed by atoms with van der Waals surface area (Å²) in [6.45, 7) is 4.02. The number of anilines is 1. The summed E-state index contributed by atoms with van der Waals surface area (Å²) in [6, 6.07) is 6.58. The van der Waals surface area contributed by atoms with E-state index in [1.54, 1.807) is 12.1 Å². The van der Waals surface area contributed by atoms with Gasteiger partial charge < -0.3 is 20.3 Å². The number of hydrogen-bond acceptors (Lipinski definition) is 4. The summed E-state index contributed by atoms with van der Waals surface area (Å²) in [4.78, 5) is 38.7. The second kappa shape index (κ2) is 13.0. The standard InChI is InChI=1S/C30H34Cl2FN3O4/c1-3-19(4-2)36-16-21(30(40)35-25(15-28(37)38)17-10-11-22(31)23(32)12-17)29(39)20-13-24(33)26(14-27(20)36)34-18-8-6-5-7-9-18/h10-14,16,18-19,25,34H,3-9,15H2,1-2H3,(H,35,40)(H,37,38). The van der Waals surface area contributed by atoms with Crippen molar-refractivity contribution in [3.63, 3.8) is 0 Å². The van der Waals surface area contributed by atoms with Crippen LogP contribution in [0.5, 0.6) is 0 Å². The maximum Gasteiger partial charge on any atom is 0.305 e. The molecule has 10 heteroatoms. The molecule has 0 aliphatic heterocycles. The zero-order chi connectivity index (χ0) is 29.0. The average molecular weight is 591 g/mol. The van der Waals surface area contributed by atoms with Gasteiger partial charge >= 0.3 is 5.97 Å². The molecular weight excluding hydrogens is 556 g/mol. The van der Waals surface area contributed by atoms with Gasteiger partial charge in [-0.1, -0.05) is 62.4 Å². The molecule has 1 saturated carbocycles. The number of amides is 1. The van der Waals surface area contributed by atoms with Crippen molar-refractivity contribution < 1.29 is 19.1 Å². The number of carbonyl (C=O) groups excluding carboxylic acids is 1. The largest absolute Gasteiger partial charge is 0.481 e. The third-order valence-electron chi connectivity index (χ3n) is 7.70. The minimum Gasteiger partial charge on any atom is -0.481 e. The van der Waals surface area contributed by atoms with Crippen LogP contribution in [0.4, 0.5) is 10.1 Å². The number of nitrogens with zero attached hydrogens (tertiary/aromatic N) is 1. The number of aromatic nitrogens is 1. The molecule has 3 N–H and O–H groups in total. The number of hydrogen-bond donors (Lipinski definition) is 3. The van der Waals surface area contributed by atoms with Gasteiger partial charge in [-0.3, -0.25) is 14.4 Å². The highest BCUT2D eigenvalue weighted by Gasteiger charge is 2.25. The highest BCUT2D eigenvalue weighted by Crippen LogP contribution is 2.30. The Morgan fingerprint density at radius 3 is 2.40 bits per heavy atom. The summed E-state index contributed by atoms with van der Waals surface area (Å²) in [5.74, 6) is -2.46. The van der Waals surface area contributed by atoms with E-state index >= 15 is 4.39 Å². The number of rotatable bonds is 10. The van der Waals surface area contributed by atoms with E-state index in [-0.39, 0.29) is 33.1 Å². The summed E-state index contributed by atoms with van der Waals surface area (Å²) in [7, 11) is 0. The Bertz CT molecular complexity index is 1470. The first-order valence-electron chi connectivity index (χ1n) is 13.7. The fourth-order valence-corrected chi connectivity index (χ4v) is 5.79. The second-order valence-electron chi connectivity index (χ2n) is 10.4. The van der Waals surface area contributed by atoms with E-state index in [1.165, 1.54) is 30.8 Å². The number of carboxylic acids is 1. The number of nitrogens with one attached hydrogen (secondary N) is 2. The molecule has 2 aromatic carbocycles. The molecule has 7 nitrogen and oxygen atoms in total. The lowest BCUT2D eigenvalue weighted by Crippen LogP contribution is -2.34. The number of halogens is 3. The van der Waals surface area contributed by atoms with Gasteiger partial charge in [0.25, 0.3) is 5.91 Å². The second-order valence-corrected chi connectivity index (χ2v) is 11.2. The van der Waals surface area contributed by atoms with Crippen LogP contribution in [-0.2, 0) is 4.79 Å². The van der Waals surface area contributed by atoms with Crippen molar-refractivity contribution in [1.82, 2.24) is 9.88 Å². The molecule has 0 radical (unpaired) electrons. The number of aliphatic carboxylic acids is 1. The summed E-state index contributed by atoms with van der Waals surface area (Å²) in [5.41, 5.74) is 0.498. The van der Waals surface area contributed by atoms with E-state index in [4.69, 9.17) is 23.2 Å². The monoisotopic (exact) mass is 589 g/mol. The Labute approximate surface area is 242 Å². The van der Waals surface area contributed by atoms with Crippen LogP contribution in [0.15, 0.2) is 41.3 Å². The van der Waals surface area contributed by atoms with Crippen LogP contribution in [0.2, 0.25) is 10.0 Å². The van der Waals surface area contributed by atoms with E-state index in [2.05, 4.69) is 10.6 Å². The Kier molecular flexibility index (Phi) is 9.74. The molecule has 0 spiro atoms. The van der Waals surface area contributed by atoms with Crippen LogP contribution in [0.3, 0.4) is 0 Å². The van der Waals surface area contributed by atoms with Gasteiger partial charge in [0.2, 0.25) is 5.43 Å². The lowest BCUT2D eigenvalue weighted by molar-refractivity contribution is -0.137. The maximum absolute atomic E-state index is 15.3. The Morgan fingerprint density at radius 1 is 1.07 bits per heavy atom. The first-order valence-corrected chi connectivity index (χ1v) is 14.5. The fourth-order valence-electron chi connectivity index (χ4n) is 5.48. The number of benzene rings is 2. The number of pyridine rings is 1. The van der Waals surface area contributed by atoms with Crippen LogP contribution in [-0.4, -0.2) is 27.6 Å². The minimum atomic E-state index is -1.15. The molecule has 1 aliphatic rings. The van der Waals surface area contributed by atoms with Gasteiger partial charge in [0.05, 0.1) is 33.7 Å². The molecule has 1 unspecified atom stereocenters. The third kappa shape index (κ3) is 6.61. The van der Waals surface area contributed by atoms with Gasteiger partial charge in [-0.2, -0.15) is 0 Å². The number of carboxylic acid groups (broad SMARTS) is 1. The highest BCUT2D eigenvalue weighted by molar-refractivity contribution is 6.42. The van der Waals surface area contributed by atoms with Crippen molar-refractivity contribution in [1.29, 1.82) is 0 Å². The topological polar surface area (TPSA) is 100 Å². The molecule has 3 aromatic rings. The van der Waals surface area contributed by atoms with Crippen LogP contribution in [0.1, 0.15) is 93.2 Å². The fraction of sp³-hybridized carbons (Fsp3) is 0.433. The molecule has 1 aromatic heterocycles. The molecule has 0 bridgehead atoms. The molecule has 0 saturated heterocycles. The summed E-state index contributed by atoms with van der Waals surface area (Å²) in [6.07, 6.45) is 7.81. The van der Waals surface area contributed by atoms with Gasteiger partial charge in [-0.05, 0) is 55.5 Å². The van der Waals surface area contributed by atoms with E-state index in [0.29, 0.717) is 16.8 Å². The molecular formula is C30H34Cl2FN3O4. The molecule has 4 rings (SSSR count). The molecule has 1 heterocycles. The average Bonchev–Trinajstić information content (AvgIpc) is 2.92. The first kappa shape index (κ1) is 29.9. The summed E-state index contributed by atoms with van der Waals surface area (Å²) < 4.78 is 17.2. The number of carbonyl (C=O) groups is 2. The van der Waals surface area contributed by atoms with Crippen molar-refractivity contribution >= 4 is 51.7 Å². The van der Waals surface area contributed by atoms with E-state index < -0.39 is 35.6 Å². The lowest BCUT2D eigenvalue weighted by atomic mass is 9.95. The quantitative estimate of drug-likeness (QED) is 0.227. The minimum absolute atomic E-state index is 0.0486. The summed E-state index contributed by atoms with van der Waals surface area (Å²) in [5, 5.41) is 16.1. The third-order valence-corrected chi connectivity index (χ3v) is 8.44. The normalized spacial score (nSPS) is 14.8. The Hall–Kier alpha value is -3.10. The molecule has 1 atom stereocenters. The molecule has 214 valence electrons. The summed E-state index contributed by atoms with van der Waals surface area (Å²) >= 11 is 12.1. The highest BCUT2D eigenvalue weighted by atomic mass is 35.5. The van der Waals surface area contributed by atoms with Crippen molar-refractivity contribution in [2.24, 2.45) is 0 Å². The van der Waals surface area contributed by atoms with Crippen molar-refractivity contribution in [2.75, 3.05) is 5.32 Å². The van der Waals surface area contributed by atoms with Gasteiger partial charge in [-0.15, -0.1) is 0 Å². The Morgan fingerprint density at radius 2 is 1.77 bits per heavy atom. The van der Waals surface area contributed by atoms with E-state index in [1.807, 2.05) is 18.4 Å². The number of fused-ring (bicyclic) bond motifs is 1. The smallest absolute Gasteiger partial charge is 0.305 e. The van der Waals surface area contributed by atoms with Crippen LogP contribution in [0, 0.1) is 5.82 Å². The first-order chi connectivity index (χ1) is 19.1. The van der Waals surface area contributed by atoms with Crippen molar-refractivity contribution in [3.8, 4) is 0 Å². The lowest BCUT2D eigenvalue weighted by Gasteiger charge is -2.26. The van der Waals surface area contributed by atoms with Crippen LogP contribution in [0.25, 0.3) is 10.9 Å². The van der Waals surface area contributed by atoms with Gasteiger partial charge in [-0.25, -0.2) is 4.39 Å². The SMILES string of the molecule is CCC(CC)n1cc(C(=O)NC(CC(=O)O)c2ccc(Cl)c(Cl)c2)c(=O)c2cc(F)c(NC3CCCCC3)cc21. The van der Waals surface area contributed by atoms with E-state index in [0.717, 1.165) is 38.5 Å². The molecule has 40 heavy (non-hydrogen) atoms. The zero-order valence-corrected chi connectivity index (χ0v) is 24.1. The Balaban J connectivity index is 1.78. The molecule has 1 fully saturated rings. The van der Waals surface area contributed by atoms with Crippen LogP contribution < -0.4 is 16.1 Å². The predicted octanol–water partition coefficient (Wildman–Crippen LogP) is 7.50. The van der Waals surface area contributed by atoms with Gasteiger partial charge in [0.1, 0.15) is 11.4 Å². The van der Waals surface area contributed by atoms with Crippen molar-refractivity contribution in [2.45, 2.75) is 83.3 Å². The van der Waals surface area contributed by atoms with Crippen LogP contribution >= 0.6 is 23.2 Å². The zero-order valence-electron chi connectivity index (χ0n) is 22.6.